The quantitative estimate of drug-likeness (QED) is 0.655. The first kappa shape index (κ1) is 16.1. The fraction of sp³-hybridized carbons (Fsp3) is 0.263. The number of ether oxygens (including phenoxy) is 1. The molecule has 24 heavy (non-hydrogen) atoms. The molecule has 0 unspecified atom stereocenters. The molecule has 1 heterocycles. The van der Waals surface area contributed by atoms with E-state index in [9.17, 15) is 4.79 Å². The van der Waals surface area contributed by atoms with E-state index in [2.05, 4.69) is 15.3 Å². The lowest BCUT2D eigenvalue weighted by atomic mass is 10.2. The molecule has 0 aliphatic heterocycles. The second-order valence-electron chi connectivity index (χ2n) is 5.69. The lowest BCUT2D eigenvalue weighted by Gasteiger charge is -2.08. The summed E-state index contributed by atoms with van der Waals surface area (Å²) >= 11 is 0. The molecule has 5 heteroatoms. The van der Waals surface area contributed by atoms with E-state index in [-0.39, 0.29) is 5.91 Å². The minimum absolute atomic E-state index is 0.00356. The van der Waals surface area contributed by atoms with Crippen LogP contribution in [0.5, 0.6) is 5.75 Å². The number of para-hydroxylation sites is 3. The number of nitrogens with zero attached hydrogens (tertiary/aromatic N) is 1. The van der Waals surface area contributed by atoms with Crippen LogP contribution in [0.2, 0.25) is 0 Å². The number of aromatic amines is 1. The normalized spacial score (nSPS) is 10.7. The van der Waals surface area contributed by atoms with E-state index >= 15 is 0 Å². The number of carbonyl (C=O) groups is 1. The number of hydrogen-bond acceptors (Lipinski definition) is 3. The second-order valence-corrected chi connectivity index (χ2v) is 5.69. The Morgan fingerprint density at radius 3 is 2.79 bits per heavy atom. The van der Waals surface area contributed by atoms with Gasteiger partial charge in [-0.15, -0.1) is 0 Å². The maximum Gasteiger partial charge on any atom is 0.220 e. The summed E-state index contributed by atoms with van der Waals surface area (Å²) in [6.45, 7) is 2.95. The first-order valence-electron chi connectivity index (χ1n) is 8.11. The number of H-pyrrole nitrogens is 1. The van der Waals surface area contributed by atoms with Crippen LogP contribution in [0.3, 0.4) is 0 Å². The molecule has 0 radical (unpaired) electrons. The third-order valence-corrected chi connectivity index (χ3v) is 3.79. The summed E-state index contributed by atoms with van der Waals surface area (Å²) in [7, 11) is 0. The van der Waals surface area contributed by atoms with Crippen LogP contribution in [0, 0.1) is 6.92 Å². The summed E-state index contributed by atoms with van der Waals surface area (Å²) in [6.07, 6.45) is 1.12. The molecule has 0 spiro atoms. The van der Waals surface area contributed by atoms with Crippen molar-refractivity contribution in [3.63, 3.8) is 0 Å². The first-order valence-corrected chi connectivity index (χ1v) is 8.11. The number of benzene rings is 2. The smallest absolute Gasteiger partial charge is 0.220 e. The molecule has 2 aromatic carbocycles. The summed E-state index contributed by atoms with van der Waals surface area (Å²) in [5.74, 6) is 1.64. The average molecular weight is 323 g/mol. The van der Waals surface area contributed by atoms with Crippen LogP contribution in [-0.2, 0) is 11.3 Å². The molecule has 0 aliphatic carbocycles. The number of aryl methyl sites for hydroxylation is 1. The van der Waals surface area contributed by atoms with Crippen LogP contribution in [0.4, 0.5) is 0 Å². The van der Waals surface area contributed by atoms with Gasteiger partial charge in [0.1, 0.15) is 11.6 Å². The van der Waals surface area contributed by atoms with Gasteiger partial charge in [-0.2, -0.15) is 0 Å². The Labute approximate surface area is 141 Å². The highest BCUT2D eigenvalue weighted by molar-refractivity contribution is 5.76. The van der Waals surface area contributed by atoms with E-state index in [1.165, 1.54) is 0 Å². The van der Waals surface area contributed by atoms with Crippen molar-refractivity contribution in [2.45, 2.75) is 26.3 Å². The van der Waals surface area contributed by atoms with Gasteiger partial charge < -0.3 is 15.0 Å². The Morgan fingerprint density at radius 1 is 1.17 bits per heavy atom. The molecule has 3 aromatic rings. The van der Waals surface area contributed by atoms with Gasteiger partial charge in [-0.3, -0.25) is 4.79 Å². The fourth-order valence-electron chi connectivity index (χ4n) is 2.49. The Bertz CT molecular complexity index is 793. The minimum Gasteiger partial charge on any atom is -0.493 e. The lowest BCUT2D eigenvalue weighted by molar-refractivity contribution is -0.121. The van der Waals surface area contributed by atoms with Crippen LogP contribution in [-0.4, -0.2) is 22.5 Å². The maximum atomic E-state index is 11.9. The van der Waals surface area contributed by atoms with Crippen LogP contribution in [0.15, 0.2) is 48.5 Å². The molecule has 0 saturated carbocycles. The summed E-state index contributed by atoms with van der Waals surface area (Å²) in [5, 5.41) is 2.88. The number of carbonyl (C=O) groups excluding carboxylic acids is 1. The molecule has 5 nitrogen and oxygen atoms in total. The molecule has 0 fully saturated rings. The zero-order valence-corrected chi connectivity index (χ0v) is 13.7. The van der Waals surface area contributed by atoms with Gasteiger partial charge in [0.05, 0.1) is 24.2 Å². The number of nitrogens with one attached hydrogen (secondary N) is 2. The van der Waals surface area contributed by atoms with Crippen LogP contribution < -0.4 is 10.1 Å². The van der Waals surface area contributed by atoms with E-state index in [1.54, 1.807) is 0 Å². The van der Waals surface area contributed by atoms with Crippen molar-refractivity contribution in [3.05, 3.63) is 59.9 Å². The molecule has 0 saturated heterocycles. The molecule has 0 aliphatic rings. The maximum absolute atomic E-state index is 11.9. The number of rotatable bonds is 7. The number of amides is 1. The van der Waals surface area contributed by atoms with Gasteiger partial charge in [-0.25, -0.2) is 4.98 Å². The summed E-state index contributed by atoms with van der Waals surface area (Å²) in [5.41, 5.74) is 2.99. The van der Waals surface area contributed by atoms with Crippen LogP contribution in [0.1, 0.15) is 24.2 Å². The largest absolute Gasteiger partial charge is 0.493 e. The molecule has 2 N–H and O–H groups in total. The van der Waals surface area contributed by atoms with Gasteiger partial charge in [0.2, 0.25) is 5.91 Å². The predicted molar refractivity (Wildman–Crippen MR) is 93.8 cm³/mol. The van der Waals surface area contributed by atoms with Gasteiger partial charge in [-0.1, -0.05) is 30.3 Å². The standard InChI is InChI=1S/C19H21N3O2/c1-14-7-2-5-10-17(14)24-12-6-11-19(23)20-13-18-21-15-8-3-4-9-16(15)22-18/h2-5,7-10H,6,11-13H2,1H3,(H,20,23)(H,21,22). The molecule has 0 atom stereocenters. The molecule has 1 amide bonds. The van der Waals surface area contributed by atoms with Crippen molar-refractivity contribution in [1.29, 1.82) is 0 Å². The van der Waals surface area contributed by atoms with E-state index in [0.717, 1.165) is 28.2 Å². The Hall–Kier alpha value is -2.82. The van der Waals surface area contributed by atoms with Crippen molar-refractivity contribution in [1.82, 2.24) is 15.3 Å². The Kier molecular flexibility index (Phi) is 5.11. The van der Waals surface area contributed by atoms with Gasteiger partial charge >= 0.3 is 0 Å². The SMILES string of the molecule is Cc1ccccc1OCCCC(=O)NCc1nc2ccccc2[nH]1. The minimum atomic E-state index is 0.00356. The first-order chi connectivity index (χ1) is 11.7. The van der Waals surface area contributed by atoms with Crippen molar-refractivity contribution in [2.75, 3.05) is 6.61 Å². The highest BCUT2D eigenvalue weighted by atomic mass is 16.5. The molecule has 3 rings (SSSR count). The average Bonchev–Trinajstić information content (AvgIpc) is 3.01. The van der Waals surface area contributed by atoms with E-state index < -0.39 is 0 Å². The van der Waals surface area contributed by atoms with Crippen molar-refractivity contribution >= 4 is 16.9 Å². The zero-order valence-electron chi connectivity index (χ0n) is 13.7. The predicted octanol–water partition coefficient (Wildman–Crippen LogP) is 3.35. The summed E-state index contributed by atoms with van der Waals surface area (Å²) < 4.78 is 5.69. The third kappa shape index (κ3) is 4.13. The fourth-order valence-corrected chi connectivity index (χ4v) is 2.49. The van der Waals surface area contributed by atoms with Crippen LogP contribution in [0.25, 0.3) is 11.0 Å². The molecular formula is C19H21N3O2. The lowest BCUT2D eigenvalue weighted by Crippen LogP contribution is -2.23. The highest BCUT2D eigenvalue weighted by Crippen LogP contribution is 2.16. The van der Waals surface area contributed by atoms with Crippen molar-refractivity contribution in [3.8, 4) is 5.75 Å². The number of fused-ring (bicyclic) bond motifs is 1. The van der Waals surface area contributed by atoms with Gasteiger partial charge in [0.25, 0.3) is 0 Å². The van der Waals surface area contributed by atoms with Crippen LogP contribution >= 0.6 is 0 Å². The number of hydrogen-bond donors (Lipinski definition) is 2. The summed E-state index contributed by atoms with van der Waals surface area (Å²) in [4.78, 5) is 19.5. The molecule has 1 aromatic heterocycles. The third-order valence-electron chi connectivity index (χ3n) is 3.79. The topological polar surface area (TPSA) is 67.0 Å². The van der Waals surface area contributed by atoms with E-state index in [1.807, 2.05) is 55.5 Å². The molecule has 0 bridgehead atoms. The zero-order chi connectivity index (χ0) is 16.8. The Balaban J connectivity index is 1.39. The highest BCUT2D eigenvalue weighted by Gasteiger charge is 2.05. The van der Waals surface area contributed by atoms with E-state index in [0.29, 0.717) is 26.0 Å². The Morgan fingerprint density at radius 2 is 1.96 bits per heavy atom. The van der Waals surface area contributed by atoms with Crippen molar-refractivity contribution in [2.24, 2.45) is 0 Å². The van der Waals surface area contributed by atoms with Gasteiger partial charge in [0.15, 0.2) is 0 Å². The number of imidazole rings is 1. The molecule has 124 valence electrons. The number of aromatic nitrogens is 2. The van der Waals surface area contributed by atoms with Gasteiger partial charge in [0, 0.05) is 6.42 Å². The van der Waals surface area contributed by atoms with Crippen molar-refractivity contribution < 1.29 is 9.53 Å². The summed E-state index contributed by atoms with van der Waals surface area (Å²) in [6, 6.07) is 15.7. The van der Waals surface area contributed by atoms with E-state index in [4.69, 9.17) is 4.74 Å². The monoisotopic (exact) mass is 323 g/mol. The second kappa shape index (κ2) is 7.64. The van der Waals surface area contributed by atoms with Gasteiger partial charge in [-0.05, 0) is 37.1 Å². The molecular weight excluding hydrogens is 302 g/mol.